The molecule has 0 aliphatic rings. The summed E-state index contributed by atoms with van der Waals surface area (Å²) in [5.74, 6) is 0.452. The Hall–Kier alpha value is -1.87. The van der Waals surface area contributed by atoms with Crippen molar-refractivity contribution in [2.45, 2.75) is 34.2 Å². The molecule has 0 aromatic carbocycles. The Labute approximate surface area is 128 Å². The van der Waals surface area contributed by atoms with Gasteiger partial charge in [0.2, 0.25) is 0 Å². The SMILES string of the molecule is CC.CC.N#Cc1ccc(Cn2cc(Br)c(N)n2)nc1. The van der Waals surface area contributed by atoms with E-state index in [0.717, 1.165) is 10.2 Å². The molecule has 0 aliphatic carbocycles. The minimum atomic E-state index is 0.452. The Kier molecular flexibility index (Phi) is 9.05. The predicted molar refractivity (Wildman–Crippen MR) is 85.1 cm³/mol. The zero-order valence-electron chi connectivity index (χ0n) is 12.3. The van der Waals surface area contributed by atoms with Crippen molar-refractivity contribution in [2.75, 3.05) is 5.73 Å². The summed E-state index contributed by atoms with van der Waals surface area (Å²) in [7, 11) is 0. The standard InChI is InChI=1S/C10H8BrN5.2C2H6/c11-9-6-16(15-10(9)13)5-8-2-1-7(3-12)4-14-8;2*1-2/h1-2,4,6H,5H2,(H2,13,15);2*1-2H3. The maximum absolute atomic E-state index is 8.63. The quantitative estimate of drug-likeness (QED) is 0.907. The highest BCUT2D eigenvalue weighted by atomic mass is 79.9. The van der Waals surface area contributed by atoms with Crippen LogP contribution in [0.5, 0.6) is 0 Å². The van der Waals surface area contributed by atoms with Gasteiger partial charge < -0.3 is 5.73 Å². The molecule has 2 aromatic rings. The number of halogens is 1. The molecule has 2 heterocycles. The minimum absolute atomic E-state index is 0.452. The van der Waals surface area contributed by atoms with Crippen molar-refractivity contribution in [1.82, 2.24) is 14.8 Å². The molecular weight excluding hydrogens is 318 g/mol. The molecule has 6 heteroatoms. The lowest BCUT2D eigenvalue weighted by molar-refractivity contribution is 0.675. The van der Waals surface area contributed by atoms with Crippen LogP contribution in [-0.4, -0.2) is 14.8 Å². The molecule has 0 unspecified atom stereocenters. The normalized spacial score (nSPS) is 8.60. The number of aromatic nitrogens is 3. The van der Waals surface area contributed by atoms with E-state index in [2.05, 4.69) is 26.0 Å². The van der Waals surface area contributed by atoms with Crippen LogP contribution in [0.2, 0.25) is 0 Å². The van der Waals surface area contributed by atoms with Gasteiger partial charge in [-0.1, -0.05) is 27.7 Å². The largest absolute Gasteiger partial charge is 0.381 e. The van der Waals surface area contributed by atoms with Crippen LogP contribution in [-0.2, 0) is 6.54 Å². The first-order valence-corrected chi connectivity index (χ1v) is 7.32. The van der Waals surface area contributed by atoms with Crippen molar-refractivity contribution in [2.24, 2.45) is 0 Å². The summed E-state index contributed by atoms with van der Waals surface area (Å²) in [5.41, 5.74) is 6.97. The van der Waals surface area contributed by atoms with Gasteiger partial charge in [-0.3, -0.25) is 9.67 Å². The zero-order valence-corrected chi connectivity index (χ0v) is 13.8. The summed E-state index contributed by atoms with van der Waals surface area (Å²) in [4.78, 5) is 4.14. The van der Waals surface area contributed by atoms with Crippen LogP contribution >= 0.6 is 15.9 Å². The molecule has 0 radical (unpaired) electrons. The fourth-order valence-electron chi connectivity index (χ4n) is 1.24. The molecule has 20 heavy (non-hydrogen) atoms. The fraction of sp³-hybridized carbons (Fsp3) is 0.357. The summed E-state index contributed by atoms with van der Waals surface area (Å²) >= 11 is 3.28. The number of pyridine rings is 1. The number of nitrogens with two attached hydrogens (primary N) is 1. The lowest BCUT2D eigenvalue weighted by atomic mass is 10.3. The summed E-state index contributed by atoms with van der Waals surface area (Å²) < 4.78 is 2.45. The van der Waals surface area contributed by atoms with E-state index in [4.69, 9.17) is 11.0 Å². The van der Waals surface area contributed by atoms with Crippen LogP contribution in [0, 0.1) is 11.3 Å². The van der Waals surface area contributed by atoms with Gasteiger partial charge in [-0.25, -0.2) is 0 Å². The lowest BCUT2D eigenvalue weighted by Crippen LogP contribution is -2.02. The Morgan fingerprint density at radius 3 is 2.35 bits per heavy atom. The molecule has 0 saturated heterocycles. The highest BCUT2D eigenvalue weighted by molar-refractivity contribution is 9.10. The first kappa shape index (κ1) is 18.1. The second-order valence-electron chi connectivity index (χ2n) is 3.21. The van der Waals surface area contributed by atoms with Gasteiger partial charge in [-0.2, -0.15) is 10.4 Å². The highest BCUT2D eigenvalue weighted by Gasteiger charge is 2.03. The van der Waals surface area contributed by atoms with Gasteiger partial charge in [0.15, 0.2) is 5.82 Å². The number of hydrogen-bond acceptors (Lipinski definition) is 4. The third kappa shape index (κ3) is 5.41. The van der Waals surface area contributed by atoms with E-state index in [1.807, 2.05) is 33.8 Å². The molecule has 5 nitrogen and oxygen atoms in total. The van der Waals surface area contributed by atoms with E-state index in [1.165, 1.54) is 6.20 Å². The van der Waals surface area contributed by atoms with Crippen LogP contribution in [0.25, 0.3) is 0 Å². The summed E-state index contributed by atoms with van der Waals surface area (Å²) in [6.07, 6.45) is 3.33. The van der Waals surface area contributed by atoms with E-state index >= 15 is 0 Å². The molecule has 0 spiro atoms. The highest BCUT2D eigenvalue weighted by Crippen LogP contribution is 2.16. The molecule has 0 atom stereocenters. The van der Waals surface area contributed by atoms with Gasteiger partial charge in [-0.15, -0.1) is 0 Å². The molecule has 0 bridgehead atoms. The Bertz CT molecular complexity index is 520. The first-order chi connectivity index (χ1) is 9.69. The van der Waals surface area contributed by atoms with Crippen molar-refractivity contribution in [3.8, 4) is 6.07 Å². The van der Waals surface area contributed by atoms with E-state index < -0.39 is 0 Å². The number of hydrogen-bond donors (Lipinski definition) is 1. The maximum Gasteiger partial charge on any atom is 0.159 e. The van der Waals surface area contributed by atoms with Gasteiger partial charge in [0.05, 0.1) is 22.3 Å². The smallest absolute Gasteiger partial charge is 0.159 e. The number of anilines is 1. The van der Waals surface area contributed by atoms with E-state index in [0.29, 0.717) is 17.9 Å². The van der Waals surface area contributed by atoms with Crippen molar-refractivity contribution < 1.29 is 0 Å². The van der Waals surface area contributed by atoms with Crippen molar-refractivity contribution in [3.63, 3.8) is 0 Å². The van der Waals surface area contributed by atoms with Crippen molar-refractivity contribution in [1.29, 1.82) is 5.26 Å². The van der Waals surface area contributed by atoms with Gasteiger partial charge in [0.25, 0.3) is 0 Å². The second kappa shape index (κ2) is 9.98. The molecule has 108 valence electrons. The average molecular weight is 338 g/mol. The fourth-order valence-corrected chi connectivity index (χ4v) is 1.56. The van der Waals surface area contributed by atoms with Gasteiger partial charge in [0.1, 0.15) is 6.07 Å². The van der Waals surface area contributed by atoms with Crippen LogP contribution in [0.3, 0.4) is 0 Å². The summed E-state index contributed by atoms with van der Waals surface area (Å²) in [5, 5.41) is 12.7. The molecule has 2 N–H and O–H groups in total. The maximum atomic E-state index is 8.63. The Morgan fingerprint density at radius 1 is 1.30 bits per heavy atom. The minimum Gasteiger partial charge on any atom is -0.381 e. The van der Waals surface area contributed by atoms with Gasteiger partial charge >= 0.3 is 0 Å². The predicted octanol–water partition coefficient (Wildman–Crippen LogP) is 3.60. The topological polar surface area (TPSA) is 80.5 Å². The lowest BCUT2D eigenvalue weighted by Gasteiger charge is -2.00. The van der Waals surface area contributed by atoms with Crippen molar-refractivity contribution in [3.05, 3.63) is 40.3 Å². The van der Waals surface area contributed by atoms with Gasteiger partial charge in [-0.05, 0) is 28.1 Å². The number of nitriles is 1. The molecular formula is C14H20BrN5. The third-order valence-electron chi connectivity index (χ3n) is 2.02. The molecule has 0 amide bonds. The van der Waals surface area contributed by atoms with Gasteiger partial charge in [0, 0.05) is 12.4 Å². The summed E-state index contributed by atoms with van der Waals surface area (Å²) in [6.45, 7) is 8.53. The summed E-state index contributed by atoms with van der Waals surface area (Å²) in [6, 6.07) is 5.54. The number of rotatable bonds is 2. The van der Waals surface area contributed by atoms with Crippen molar-refractivity contribution >= 4 is 21.7 Å². The monoisotopic (exact) mass is 337 g/mol. The molecule has 0 fully saturated rings. The number of nitrogens with zero attached hydrogens (tertiary/aromatic N) is 4. The zero-order chi connectivity index (χ0) is 15.5. The second-order valence-corrected chi connectivity index (χ2v) is 4.06. The van der Waals surface area contributed by atoms with E-state index in [1.54, 1.807) is 23.0 Å². The van der Waals surface area contributed by atoms with Crippen LogP contribution in [0.15, 0.2) is 29.0 Å². The third-order valence-corrected chi connectivity index (χ3v) is 2.63. The van der Waals surface area contributed by atoms with E-state index in [9.17, 15) is 0 Å². The molecule has 0 saturated carbocycles. The molecule has 2 rings (SSSR count). The first-order valence-electron chi connectivity index (χ1n) is 6.52. The Balaban J connectivity index is 0.000000829. The molecule has 0 aliphatic heterocycles. The van der Waals surface area contributed by atoms with Crippen LogP contribution in [0.4, 0.5) is 5.82 Å². The van der Waals surface area contributed by atoms with E-state index in [-0.39, 0.29) is 0 Å². The number of nitrogen functional groups attached to an aromatic ring is 1. The van der Waals surface area contributed by atoms with Crippen LogP contribution in [0.1, 0.15) is 39.0 Å². The van der Waals surface area contributed by atoms with Crippen LogP contribution < -0.4 is 5.73 Å². The molecule has 2 aromatic heterocycles. The Morgan fingerprint density at radius 2 is 1.95 bits per heavy atom. The average Bonchev–Trinajstić information content (AvgIpc) is 2.82.